The minimum Gasteiger partial charge on any atom is -0.478 e. The average molecular weight is 553 g/mol. The van der Waals surface area contributed by atoms with Crippen molar-refractivity contribution in [2.45, 2.75) is 10.1 Å². The minimum absolute atomic E-state index is 0.0566. The summed E-state index contributed by atoms with van der Waals surface area (Å²) in [6.45, 7) is 0. The molecule has 0 aliphatic carbocycles. The van der Waals surface area contributed by atoms with Crippen LogP contribution in [0.5, 0.6) is 0 Å². The molecule has 0 bridgehead atoms. The number of fused-ring (bicyclic) bond motifs is 1. The van der Waals surface area contributed by atoms with Gasteiger partial charge in [0.05, 0.1) is 22.0 Å². The van der Waals surface area contributed by atoms with E-state index in [4.69, 9.17) is 11.6 Å². The zero-order valence-electron chi connectivity index (χ0n) is 20.4. The summed E-state index contributed by atoms with van der Waals surface area (Å²) >= 11 is 7.55. The lowest BCUT2D eigenvalue weighted by molar-refractivity contribution is 0.0682. The molecule has 6 nitrogen and oxygen atoms in total. The number of halogens is 1. The molecule has 2 aromatic heterocycles. The summed E-state index contributed by atoms with van der Waals surface area (Å²) in [5, 5.41) is 20.3. The van der Waals surface area contributed by atoms with E-state index < -0.39 is 11.9 Å². The summed E-state index contributed by atoms with van der Waals surface area (Å²) in [5.41, 5.74) is 4.36. The maximum Gasteiger partial charge on any atom is 0.354 e. The van der Waals surface area contributed by atoms with E-state index in [9.17, 15) is 19.8 Å². The molecule has 3 aromatic carbocycles. The van der Waals surface area contributed by atoms with Gasteiger partial charge < -0.3 is 10.2 Å². The van der Waals surface area contributed by atoms with Crippen molar-refractivity contribution in [1.82, 2.24) is 9.97 Å². The lowest BCUT2D eigenvalue weighted by Gasteiger charge is -2.19. The lowest BCUT2D eigenvalue weighted by Crippen LogP contribution is -2.03. The van der Waals surface area contributed by atoms with Crippen molar-refractivity contribution in [3.63, 3.8) is 0 Å². The highest BCUT2D eigenvalue weighted by molar-refractivity contribution is 7.99. The molecule has 5 rings (SSSR count). The molecule has 0 radical (unpaired) electrons. The van der Waals surface area contributed by atoms with E-state index in [1.165, 1.54) is 24.0 Å². The second-order valence-corrected chi connectivity index (χ2v) is 10.3. The number of thioether (sulfide) groups is 1. The average Bonchev–Trinajstić information content (AvgIpc) is 2.95. The second kappa shape index (κ2) is 11.5. The fourth-order valence-corrected chi connectivity index (χ4v) is 5.43. The monoisotopic (exact) mass is 552 g/mol. The summed E-state index contributed by atoms with van der Waals surface area (Å²) in [5.74, 6) is -2.13. The van der Waals surface area contributed by atoms with E-state index in [0.717, 1.165) is 33.3 Å². The number of hydrogen-bond acceptors (Lipinski definition) is 5. The van der Waals surface area contributed by atoms with Crippen molar-refractivity contribution in [3.8, 4) is 0 Å². The third kappa shape index (κ3) is 6.34. The molecular formula is C31H21ClN2O4S. The minimum atomic E-state index is -1.11. The molecule has 2 heterocycles. The first-order valence-corrected chi connectivity index (χ1v) is 13.1. The van der Waals surface area contributed by atoms with Gasteiger partial charge in [-0.05, 0) is 65.2 Å². The van der Waals surface area contributed by atoms with Gasteiger partial charge in [0.1, 0.15) is 5.69 Å². The zero-order chi connectivity index (χ0) is 27.4. The second-order valence-electron chi connectivity index (χ2n) is 8.69. The third-order valence-electron chi connectivity index (χ3n) is 5.98. The van der Waals surface area contributed by atoms with Gasteiger partial charge in [-0.1, -0.05) is 66.2 Å². The lowest BCUT2D eigenvalue weighted by atomic mass is 10.00. The van der Waals surface area contributed by atoms with Gasteiger partial charge in [-0.25, -0.2) is 19.6 Å². The van der Waals surface area contributed by atoms with Crippen LogP contribution in [0.3, 0.4) is 0 Å². The van der Waals surface area contributed by atoms with E-state index in [2.05, 4.69) is 9.97 Å². The van der Waals surface area contributed by atoms with Crippen LogP contribution < -0.4 is 0 Å². The van der Waals surface area contributed by atoms with Gasteiger partial charge in [-0.15, -0.1) is 11.8 Å². The topological polar surface area (TPSA) is 100 Å². The van der Waals surface area contributed by atoms with Gasteiger partial charge in [-0.3, -0.25) is 0 Å². The van der Waals surface area contributed by atoms with Crippen LogP contribution in [0.2, 0.25) is 5.02 Å². The number of rotatable bonds is 8. The van der Waals surface area contributed by atoms with Crippen LogP contribution >= 0.6 is 23.4 Å². The van der Waals surface area contributed by atoms with Crippen LogP contribution in [-0.2, 0) is 0 Å². The predicted molar refractivity (Wildman–Crippen MR) is 154 cm³/mol. The Kier molecular flexibility index (Phi) is 7.72. The summed E-state index contributed by atoms with van der Waals surface area (Å²) in [6.07, 6.45) is 5.35. The van der Waals surface area contributed by atoms with Crippen molar-refractivity contribution in [1.29, 1.82) is 0 Å². The fourth-order valence-electron chi connectivity index (χ4n) is 4.11. The van der Waals surface area contributed by atoms with Crippen LogP contribution in [-0.4, -0.2) is 32.1 Å². The molecule has 0 amide bonds. The van der Waals surface area contributed by atoms with Gasteiger partial charge in [-0.2, -0.15) is 0 Å². The number of hydrogen-bond donors (Lipinski definition) is 2. The highest BCUT2D eigenvalue weighted by Crippen LogP contribution is 2.41. The first-order valence-electron chi connectivity index (χ1n) is 11.9. The molecule has 0 spiro atoms. The molecular weight excluding hydrogens is 532 g/mol. The van der Waals surface area contributed by atoms with Crippen LogP contribution in [0.25, 0.3) is 23.1 Å². The van der Waals surface area contributed by atoms with Gasteiger partial charge in [0.15, 0.2) is 0 Å². The van der Waals surface area contributed by atoms with Crippen LogP contribution in [0, 0.1) is 0 Å². The Labute approximate surface area is 233 Å². The summed E-state index contributed by atoms with van der Waals surface area (Å²) in [4.78, 5) is 32.4. The molecule has 0 saturated heterocycles. The molecule has 192 valence electrons. The summed E-state index contributed by atoms with van der Waals surface area (Å²) < 4.78 is 0. The van der Waals surface area contributed by atoms with Crippen molar-refractivity contribution >= 4 is 58.4 Å². The maximum absolute atomic E-state index is 11.7. The highest BCUT2D eigenvalue weighted by atomic mass is 35.5. The Balaban J connectivity index is 1.50. The number of nitrogens with zero attached hydrogens (tertiary/aromatic N) is 2. The molecule has 2 N–H and O–H groups in total. The van der Waals surface area contributed by atoms with E-state index in [1.807, 2.05) is 72.8 Å². The Bertz CT molecular complexity index is 1740. The predicted octanol–water partition coefficient (Wildman–Crippen LogP) is 7.73. The van der Waals surface area contributed by atoms with Crippen LogP contribution in [0.15, 0.2) is 102 Å². The largest absolute Gasteiger partial charge is 0.478 e. The quantitative estimate of drug-likeness (QED) is 0.190. The number of aromatic nitrogens is 2. The normalized spacial score (nSPS) is 12.0. The number of pyridine rings is 2. The smallest absolute Gasteiger partial charge is 0.354 e. The van der Waals surface area contributed by atoms with Crippen molar-refractivity contribution in [2.75, 3.05) is 0 Å². The first-order chi connectivity index (χ1) is 18.9. The third-order valence-corrected chi connectivity index (χ3v) is 7.52. The Morgan fingerprint density at radius 3 is 2.38 bits per heavy atom. The zero-order valence-corrected chi connectivity index (χ0v) is 21.9. The Hall–Kier alpha value is -4.46. The SMILES string of the molecule is O=C(O)c1cccc(C(Sc2ccnc(C(=O)O)c2)c2cccc(/C=C/c3ccc4ccc(Cl)cc4n3)c2)c1. The van der Waals surface area contributed by atoms with Gasteiger partial charge >= 0.3 is 11.9 Å². The molecule has 8 heteroatoms. The van der Waals surface area contributed by atoms with Gasteiger partial charge in [0.2, 0.25) is 0 Å². The molecule has 0 aliphatic rings. The summed E-state index contributed by atoms with van der Waals surface area (Å²) in [7, 11) is 0. The summed E-state index contributed by atoms with van der Waals surface area (Å²) in [6, 6.07) is 27.5. The van der Waals surface area contributed by atoms with E-state index in [1.54, 1.807) is 24.3 Å². The van der Waals surface area contributed by atoms with Gasteiger partial charge in [0.25, 0.3) is 0 Å². The molecule has 5 aromatic rings. The van der Waals surface area contributed by atoms with Crippen LogP contribution in [0.1, 0.15) is 48.5 Å². The number of carboxylic acids is 2. The van der Waals surface area contributed by atoms with Crippen molar-refractivity contribution < 1.29 is 19.8 Å². The highest BCUT2D eigenvalue weighted by Gasteiger charge is 2.19. The molecule has 0 saturated carbocycles. The molecule has 1 unspecified atom stereocenters. The van der Waals surface area contributed by atoms with Crippen molar-refractivity contribution in [3.05, 3.63) is 136 Å². The fraction of sp³-hybridized carbons (Fsp3) is 0.0323. The number of benzene rings is 3. The van der Waals surface area contributed by atoms with Gasteiger partial charge in [0, 0.05) is 21.5 Å². The van der Waals surface area contributed by atoms with E-state index in [0.29, 0.717) is 9.92 Å². The molecule has 0 fully saturated rings. The molecule has 39 heavy (non-hydrogen) atoms. The van der Waals surface area contributed by atoms with E-state index in [-0.39, 0.29) is 16.5 Å². The number of aromatic carboxylic acids is 2. The molecule has 1 atom stereocenters. The maximum atomic E-state index is 11.7. The van der Waals surface area contributed by atoms with Crippen LogP contribution in [0.4, 0.5) is 0 Å². The Morgan fingerprint density at radius 2 is 1.59 bits per heavy atom. The first kappa shape index (κ1) is 26.2. The number of carbonyl (C=O) groups is 2. The van der Waals surface area contributed by atoms with Crippen molar-refractivity contribution in [2.24, 2.45) is 0 Å². The van der Waals surface area contributed by atoms with E-state index >= 15 is 0 Å². The number of carboxylic acid groups (broad SMARTS) is 2. The Morgan fingerprint density at radius 1 is 0.821 bits per heavy atom. The molecule has 0 aliphatic heterocycles. The standard InChI is InChI=1S/C31H21ClN2O4S/c32-24-10-8-20-9-12-25(34-27(20)17-24)11-7-19-3-1-4-21(15-19)29(22-5-2-6-23(16-22)30(35)36)39-26-13-14-33-28(18-26)31(37)38/h1-18,29H,(H,35,36)(H,37,38)/b11-7+.